The number of ether oxygens (including phenoxy) is 1. The molecule has 0 radical (unpaired) electrons. The van der Waals surface area contributed by atoms with E-state index >= 15 is 4.39 Å². The first-order valence-electron chi connectivity index (χ1n) is 12.3. The maximum Gasteiger partial charge on any atom is 0.326 e. The van der Waals surface area contributed by atoms with E-state index in [0.29, 0.717) is 12.4 Å². The van der Waals surface area contributed by atoms with Gasteiger partial charge in [-0.1, -0.05) is 0 Å². The summed E-state index contributed by atoms with van der Waals surface area (Å²) in [6.07, 6.45) is 9.38. The normalized spacial score (nSPS) is 34.7. The highest BCUT2D eigenvalue weighted by atomic mass is 19.1. The van der Waals surface area contributed by atoms with Crippen LogP contribution in [-0.4, -0.2) is 46.9 Å². The molecule has 5 saturated carbocycles. The molecule has 176 valence electrons. The van der Waals surface area contributed by atoms with Crippen LogP contribution in [0, 0.1) is 29.0 Å². The number of amides is 1. The lowest BCUT2D eigenvalue weighted by Crippen LogP contribution is -2.48. The lowest BCUT2D eigenvalue weighted by molar-refractivity contribution is -0.141. The summed E-state index contributed by atoms with van der Waals surface area (Å²) >= 11 is 0. The first-order chi connectivity index (χ1) is 15.8. The molecule has 7 rings (SSSR count). The number of carbonyl (C=O) groups excluding carboxylic acids is 2. The first-order valence-corrected chi connectivity index (χ1v) is 12.3. The molecule has 1 aromatic rings. The largest absolute Gasteiger partial charge is 0.493 e. The SMILES string of the molecule is O=C1CC(C(=O)O)N(C(=O)c2cc(C3CC3)c(OCC34CC5CC(CC(C5)C3)C4)cc2F)C1. The van der Waals surface area contributed by atoms with E-state index in [1.165, 1.54) is 44.6 Å². The van der Waals surface area contributed by atoms with Gasteiger partial charge >= 0.3 is 5.97 Å². The van der Waals surface area contributed by atoms with Gasteiger partial charge in [0.15, 0.2) is 5.78 Å². The summed E-state index contributed by atoms with van der Waals surface area (Å²) in [5.74, 6) is 0.170. The maximum atomic E-state index is 15.2. The van der Waals surface area contributed by atoms with Gasteiger partial charge in [0.25, 0.3) is 5.91 Å². The zero-order chi connectivity index (χ0) is 22.9. The zero-order valence-corrected chi connectivity index (χ0v) is 18.7. The molecule has 7 heteroatoms. The van der Waals surface area contributed by atoms with E-state index in [-0.39, 0.29) is 35.6 Å². The zero-order valence-electron chi connectivity index (χ0n) is 18.7. The number of nitrogens with zero attached hydrogens (tertiary/aromatic N) is 1. The molecule has 1 aromatic carbocycles. The third kappa shape index (κ3) is 3.73. The molecule has 6 nitrogen and oxygen atoms in total. The van der Waals surface area contributed by atoms with Gasteiger partial charge in [0, 0.05) is 17.9 Å². The molecular formula is C26H30FNO5. The monoisotopic (exact) mass is 455 g/mol. The number of hydrogen-bond acceptors (Lipinski definition) is 4. The predicted octanol–water partition coefficient (Wildman–Crippen LogP) is 4.17. The van der Waals surface area contributed by atoms with Crippen LogP contribution in [0.5, 0.6) is 5.75 Å². The number of hydrogen-bond donors (Lipinski definition) is 1. The van der Waals surface area contributed by atoms with Crippen LogP contribution in [0.25, 0.3) is 0 Å². The molecule has 5 aliphatic carbocycles. The maximum absolute atomic E-state index is 15.2. The highest BCUT2D eigenvalue weighted by Gasteiger charge is 2.51. The molecule has 1 aliphatic heterocycles. The van der Waals surface area contributed by atoms with Gasteiger partial charge < -0.3 is 14.7 Å². The Kier molecular flexibility index (Phi) is 4.82. The van der Waals surface area contributed by atoms with Crippen molar-refractivity contribution >= 4 is 17.7 Å². The Morgan fingerprint density at radius 3 is 2.30 bits per heavy atom. The van der Waals surface area contributed by atoms with Crippen molar-refractivity contribution in [3.8, 4) is 5.75 Å². The summed E-state index contributed by atoms with van der Waals surface area (Å²) < 4.78 is 21.5. The number of carboxylic acid groups (broad SMARTS) is 1. The van der Waals surface area contributed by atoms with E-state index in [1.807, 2.05) is 0 Å². The Morgan fingerprint density at radius 1 is 1.09 bits per heavy atom. The Balaban J connectivity index is 1.25. The van der Waals surface area contributed by atoms with Crippen molar-refractivity contribution in [3.63, 3.8) is 0 Å². The number of aliphatic carboxylic acids is 1. The highest BCUT2D eigenvalue weighted by Crippen LogP contribution is 2.60. The average molecular weight is 456 g/mol. The van der Waals surface area contributed by atoms with Gasteiger partial charge in [-0.15, -0.1) is 0 Å². The number of benzene rings is 1. The van der Waals surface area contributed by atoms with E-state index < -0.39 is 23.7 Å². The summed E-state index contributed by atoms with van der Waals surface area (Å²) in [7, 11) is 0. The number of likely N-dealkylation sites (tertiary alicyclic amines) is 1. The predicted molar refractivity (Wildman–Crippen MR) is 117 cm³/mol. The van der Waals surface area contributed by atoms with Crippen LogP contribution in [0.15, 0.2) is 12.1 Å². The van der Waals surface area contributed by atoms with Crippen molar-refractivity contribution in [1.29, 1.82) is 0 Å². The molecule has 0 spiro atoms. The van der Waals surface area contributed by atoms with Crippen molar-refractivity contribution in [2.24, 2.45) is 23.2 Å². The minimum absolute atomic E-state index is 0.167. The first kappa shape index (κ1) is 21.1. The van der Waals surface area contributed by atoms with E-state index in [4.69, 9.17) is 4.74 Å². The third-order valence-corrected chi connectivity index (χ3v) is 8.74. The lowest BCUT2D eigenvalue weighted by Gasteiger charge is -2.56. The summed E-state index contributed by atoms with van der Waals surface area (Å²) in [6, 6.07) is 1.63. The van der Waals surface area contributed by atoms with Crippen LogP contribution in [0.1, 0.15) is 79.6 Å². The van der Waals surface area contributed by atoms with Crippen molar-refractivity contribution in [2.75, 3.05) is 13.2 Å². The molecule has 1 amide bonds. The van der Waals surface area contributed by atoms with E-state index in [1.54, 1.807) is 6.07 Å². The van der Waals surface area contributed by atoms with Crippen LogP contribution >= 0.6 is 0 Å². The highest BCUT2D eigenvalue weighted by molar-refractivity contribution is 6.03. The molecule has 1 saturated heterocycles. The fourth-order valence-electron chi connectivity index (χ4n) is 7.55. The van der Waals surface area contributed by atoms with Crippen molar-refractivity contribution in [3.05, 3.63) is 29.1 Å². The summed E-state index contributed by atoms with van der Waals surface area (Å²) in [5, 5.41) is 9.39. The number of rotatable bonds is 6. The van der Waals surface area contributed by atoms with Crippen LogP contribution < -0.4 is 4.74 Å². The van der Waals surface area contributed by atoms with Gasteiger partial charge in [0.05, 0.1) is 18.7 Å². The van der Waals surface area contributed by atoms with Crippen LogP contribution in [0.4, 0.5) is 4.39 Å². The molecular weight excluding hydrogens is 425 g/mol. The Morgan fingerprint density at radius 2 is 1.73 bits per heavy atom. The topological polar surface area (TPSA) is 83.9 Å². The Labute approximate surface area is 192 Å². The summed E-state index contributed by atoms with van der Waals surface area (Å²) in [6.45, 7) is 0.308. The fourth-order valence-corrected chi connectivity index (χ4v) is 7.55. The van der Waals surface area contributed by atoms with Gasteiger partial charge in [-0.05, 0) is 86.7 Å². The molecule has 1 heterocycles. The standard InChI is InChI=1S/C26H30FNO5/c27-21-8-23(33-13-26-9-14-3-15(10-26)5-16(4-14)11-26)19(17-1-2-17)7-20(21)24(30)28-12-18(29)6-22(28)25(31)32/h7-8,14-17,22H,1-6,9-13H2,(H,31,32). The third-order valence-electron chi connectivity index (χ3n) is 8.74. The molecule has 1 N–H and O–H groups in total. The van der Waals surface area contributed by atoms with Gasteiger partial charge in [-0.2, -0.15) is 0 Å². The summed E-state index contributed by atoms with van der Waals surface area (Å²) in [4.78, 5) is 37.3. The fraction of sp³-hybridized carbons (Fsp3) is 0.654. The lowest BCUT2D eigenvalue weighted by atomic mass is 9.50. The van der Waals surface area contributed by atoms with Crippen molar-refractivity contribution < 1.29 is 28.6 Å². The minimum atomic E-state index is -1.24. The number of halogens is 1. The smallest absolute Gasteiger partial charge is 0.326 e. The number of carboxylic acids is 1. The number of carbonyl (C=O) groups is 3. The van der Waals surface area contributed by atoms with Crippen LogP contribution in [0.2, 0.25) is 0 Å². The average Bonchev–Trinajstić information content (AvgIpc) is 3.51. The molecule has 1 atom stereocenters. The van der Waals surface area contributed by atoms with Gasteiger partial charge in [-0.3, -0.25) is 9.59 Å². The Hall–Kier alpha value is -2.44. The van der Waals surface area contributed by atoms with Crippen LogP contribution in [-0.2, 0) is 9.59 Å². The van der Waals surface area contributed by atoms with Gasteiger partial charge in [0.2, 0.25) is 0 Å². The Bertz CT molecular complexity index is 996. The minimum Gasteiger partial charge on any atom is -0.493 e. The number of ketones is 1. The second kappa shape index (κ2) is 7.54. The molecule has 1 unspecified atom stereocenters. The molecule has 33 heavy (non-hydrogen) atoms. The van der Waals surface area contributed by atoms with E-state index in [0.717, 1.165) is 41.1 Å². The van der Waals surface area contributed by atoms with Crippen LogP contribution in [0.3, 0.4) is 0 Å². The number of Topliss-reactive ketones (excluding diaryl/α,β-unsaturated/α-hetero) is 1. The molecule has 6 fully saturated rings. The van der Waals surface area contributed by atoms with Crippen molar-refractivity contribution in [1.82, 2.24) is 4.90 Å². The second-order valence-corrected chi connectivity index (χ2v) is 11.4. The molecule has 6 aliphatic rings. The quantitative estimate of drug-likeness (QED) is 0.696. The molecule has 4 bridgehead atoms. The van der Waals surface area contributed by atoms with Gasteiger partial charge in [-0.25, -0.2) is 9.18 Å². The van der Waals surface area contributed by atoms with Gasteiger partial charge in [0.1, 0.15) is 17.6 Å². The van der Waals surface area contributed by atoms with Crippen molar-refractivity contribution in [2.45, 2.75) is 69.7 Å². The van der Waals surface area contributed by atoms with E-state index in [9.17, 15) is 19.5 Å². The molecule has 0 aromatic heterocycles. The second-order valence-electron chi connectivity index (χ2n) is 11.4. The van der Waals surface area contributed by atoms with E-state index in [2.05, 4.69) is 0 Å². The summed E-state index contributed by atoms with van der Waals surface area (Å²) in [5.41, 5.74) is 0.868.